The molecule has 3 atom stereocenters. The van der Waals surface area contributed by atoms with Gasteiger partial charge in [0.05, 0.1) is 12.9 Å². The zero-order valence-electron chi connectivity index (χ0n) is 9.02. The van der Waals surface area contributed by atoms with Gasteiger partial charge in [0, 0.05) is 44.1 Å². The average Bonchev–Trinajstić information content (AvgIpc) is 2.23. The second-order valence-electron chi connectivity index (χ2n) is 3.50. The predicted molar refractivity (Wildman–Crippen MR) is 64.7 cm³/mol. The van der Waals surface area contributed by atoms with E-state index >= 15 is 0 Å². The smallest absolute Gasteiger partial charge is 0.0873 e. The van der Waals surface area contributed by atoms with Gasteiger partial charge in [-0.2, -0.15) is 0 Å². The first-order chi connectivity index (χ1) is 7.24. The van der Waals surface area contributed by atoms with E-state index in [-0.39, 0.29) is 5.25 Å². The van der Waals surface area contributed by atoms with E-state index in [2.05, 4.69) is 0 Å². The van der Waals surface area contributed by atoms with Crippen LogP contribution in [-0.4, -0.2) is 37.5 Å². The molecule has 0 aromatic rings. The van der Waals surface area contributed by atoms with E-state index in [1.54, 1.807) is 6.26 Å². The third-order valence-electron chi connectivity index (χ3n) is 2.28. The molecule has 0 aromatic carbocycles. The van der Waals surface area contributed by atoms with Crippen LogP contribution >= 0.6 is 0 Å². The number of hydrogen-bond donors (Lipinski definition) is 0. The molecule has 0 spiro atoms. The molecule has 0 radical (unpaired) electrons. The van der Waals surface area contributed by atoms with Gasteiger partial charge in [0.25, 0.3) is 0 Å². The minimum Gasteiger partial charge on any atom is -0.502 e. The Hall–Kier alpha value is -0.160. The van der Waals surface area contributed by atoms with Crippen LogP contribution in [0, 0.1) is 0 Å². The van der Waals surface area contributed by atoms with Crippen molar-refractivity contribution in [2.75, 3.05) is 23.9 Å². The fraction of sp³-hybridized carbons (Fsp3) is 0.800. The summed E-state index contributed by atoms with van der Waals surface area (Å²) >= 11 is 0. The highest BCUT2D eigenvalue weighted by molar-refractivity contribution is 7.92. The lowest BCUT2D eigenvalue weighted by atomic mass is 10.2. The summed E-state index contributed by atoms with van der Waals surface area (Å²) < 4.78 is 28.1. The molecule has 1 fully saturated rings. The molecule has 1 aliphatic heterocycles. The topological polar surface area (TPSA) is 43.4 Å². The molecule has 0 N–H and O–H groups in total. The van der Waals surface area contributed by atoms with Crippen LogP contribution in [0.15, 0.2) is 12.3 Å². The molecule has 15 heavy (non-hydrogen) atoms. The van der Waals surface area contributed by atoms with Gasteiger partial charge in [-0.1, -0.05) is 6.08 Å². The zero-order valence-corrected chi connectivity index (χ0v) is 10.6. The maximum atomic E-state index is 11.6. The first-order valence-electron chi connectivity index (χ1n) is 5.19. The number of allylic oxidation sites excluding steroid dienone is 1. The van der Waals surface area contributed by atoms with Crippen molar-refractivity contribution < 1.29 is 13.2 Å². The van der Waals surface area contributed by atoms with Crippen LogP contribution in [0.1, 0.15) is 19.8 Å². The minimum absolute atomic E-state index is 0.119. The van der Waals surface area contributed by atoms with Crippen molar-refractivity contribution in [1.82, 2.24) is 0 Å². The highest BCUT2D eigenvalue weighted by Gasteiger charge is 2.24. The Kier molecular flexibility index (Phi) is 6.17. The molecular formula is C10H18O3S2. The van der Waals surface area contributed by atoms with Gasteiger partial charge in [-0.25, -0.2) is 0 Å². The Morgan fingerprint density at radius 1 is 1.40 bits per heavy atom. The normalized spacial score (nSPS) is 31.9. The molecule has 3 unspecified atom stereocenters. The Labute approximate surface area is 96.2 Å². The molecule has 0 aromatic heterocycles. The molecular weight excluding hydrogens is 232 g/mol. The van der Waals surface area contributed by atoms with Gasteiger partial charge >= 0.3 is 0 Å². The van der Waals surface area contributed by atoms with Crippen molar-refractivity contribution >= 4 is 21.6 Å². The first kappa shape index (κ1) is 12.9. The molecule has 0 amide bonds. The van der Waals surface area contributed by atoms with E-state index in [1.807, 2.05) is 13.0 Å². The van der Waals surface area contributed by atoms with E-state index in [0.29, 0.717) is 23.9 Å². The Balaban J connectivity index is 2.19. The summed E-state index contributed by atoms with van der Waals surface area (Å²) in [6, 6.07) is 0. The van der Waals surface area contributed by atoms with E-state index in [0.717, 1.165) is 12.8 Å². The maximum absolute atomic E-state index is 11.6. The lowest BCUT2D eigenvalue weighted by Gasteiger charge is -2.20. The fourth-order valence-electron chi connectivity index (χ4n) is 1.48. The largest absolute Gasteiger partial charge is 0.502 e. The third kappa shape index (κ3) is 4.93. The molecule has 1 saturated heterocycles. The standard InChI is InChI=1S/C10H18O3S2/c1-2-5-13-6-3-4-10-9-14(11)7-8-15(10)12/h2,5,10H,3-4,6-9H2,1H3/b5-2+. The van der Waals surface area contributed by atoms with Crippen LogP contribution in [0.2, 0.25) is 0 Å². The Morgan fingerprint density at radius 3 is 2.93 bits per heavy atom. The summed E-state index contributed by atoms with van der Waals surface area (Å²) in [6.07, 6.45) is 5.25. The molecule has 1 heterocycles. The van der Waals surface area contributed by atoms with Gasteiger partial charge in [-0.05, 0) is 19.8 Å². The highest BCUT2D eigenvalue weighted by atomic mass is 32.2. The lowest BCUT2D eigenvalue weighted by molar-refractivity contribution is 0.241. The van der Waals surface area contributed by atoms with Gasteiger partial charge in [-0.15, -0.1) is 0 Å². The SMILES string of the molecule is C/C=C/OCCCC1CS(=O)CCS1=O. The Morgan fingerprint density at radius 2 is 2.20 bits per heavy atom. The fourth-order valence-corrected chi connectivity index (χ4v) is 5.46. The predicted octanol–water partition coefficient (Wildman–Crippen LogP) is 1.20. The van der Waals surface area contributed by atoms with Crippen molar-refractivity contribution in [3.05, 3.63) is 12.3 Å². The maximum Gasteiger partial charge on any atom is 0.0873 e. The molecule has 1 aliphatic rings. The Bertz CT molecular complexity index is 263. The van der Waals surface area contributed by atoms with Gasteiger partial charge in [0.1, 0.15) is 0 Å². The molecule has 1 rings (SSSR count). The zero-order chi connectivity index (χ0) is 11.1. The second kappa shape index (κ2) is 7.17. The second-order valence-corrected chi connectivity index (χ2v) is 6.96. The van der Waals surface area contributed by atoms with E-state index in [1.165, 1.54) is 0 Å². The summed E-state index contributed by atoms with van der Waals surface area (Å²) in [6.45, 7) is 2.56. The minimum atomic E-state index is -0.773. The summed E-state index contributed by atoms with van der Waals surface area (Å²) in [4.78, 5) is 0. The molecule has 0 bridgehead atoms. The van der Waals surface area contributed by atoms with Gasteiger partial charge in [0.15, 0.2) is 0 Å². The van der Waals surface area contributed by atoms with Crippen molar-refractivity contribution in [3.8, 4) is 0 Å². The summed E-state index contributed by atoms with van der Waals surface area (Å²) in [5.41, 5.74) is 0. The molecule has 88 valence electrons. The van der Waals surface area contributed by atoms with E-state index in [4.69, 9.17) is 4.74 Å². The van der Waals surface area contributed by atoms with Crippen LogP contribution < -0.4 is 0 Å². The van der Waals surface area contributed by atoms with Crippen LogP contribution in [0.5, 0.6) is 0 Å². The van der Waals surface area contributed by atoms with Crippen LogP contribution in [0.3, 0.4) is 0 Å². The van der Waals surface area contributed by atoms with Crippen molar-refractivity contribution in [3.63, 3.8) is 0 Å². The summed E-state index contributed by atoms with van der Waals surface area (Å²) in [5.74, 6) is 1.82. The number of ether oxygens (including phenoxy) is 1. The van der Waals surface area contributed by atoms with Crippen molar-refractivity contribution in [1.29, 1.82) is 0 Å². The van der Waals surface area contributed by atoms with Gasteiger partial charge in [-0.3, -0.25) is 8.42 Å². The van der Waals surface area contributed by atoms with E-state index in [9.17, 15) is 8.42 Å². The quantitative estimate of drug-likeness (QED) is 0.544. The van der Waals surface area contributed by atoms with Crippen molar-refractivity contribution in [2.24, 2.45) is 0 Å². The van der Waals surface area contributed by atoms with Crippen LogP contribution in [0.4, 0.5) is 0 Å². The average molecular weight is 250 g/mol. The summed E-state index contributed by atoms with van der Waals surface area (Å²) in [5, 5.41) is 0.119. The van der Waals surface area contributed by atoms with Gasteiger partial charge in [0.2, 0.25) is 0 Å². The van der Waals surface area contributed by atoms with E-state index < -0.39 is 21.6 Å². The first-order valence-corrected chi connectivity index (χ1v) is 8.06. The van der Waals surface area contributed by atoms with Gasteiger partial charge < -0.3 is 4.74 Å². The molecule has 0 aliphatic carbocycles. The summed E-state index contributed by atoms with van der Waals surface area (Å²) in [7, 11) is -1.52. The molecule has 3 nitrogen and oxygen atoms in total. The van der Waals surface area contributed by atoms with Crippen LogP contribution in [-0.2, 0) is 26.3 Å². The number of hydrogen-bond acceptors (Lipinski definition) is 3. The lowest BCUT2D eigenvalue weighted by Crippen LogP contribution is -2.33. The van der Waals surface area contributed by atoms with Crippen LogP contribution in [0.25, 0.3) is 0 Å². The monoisotopic (exact) mass is 250 g/mol. The third-order valence-corrected chi connectivity index (χ3v) is 5.93. The van der Waals surface area contributed by atoms with Crippen molar-refractivity contribution in [2.45, 2.75) is 25.0 Å². The highest BCUT2D eigenvalue weighted by Crippen LogP contribution is 2.13. The molecule has 0 saturated carbocycles. The molecule has 5 heteroatoms. The number of rotatable bonds is 5.